The van der Waals surface area contributed by atoms with E-state index in [4.69, 9.17) is 0 Å². The van der Waals surface area contributed by atoms with Gasteiger partial charge in [-0.25, -0.2) is 0 Å². The lowest BCUT2D eigenvalue weighted by Crippen LogP contribution is -2.24. The minimum atomic E-state index is -0.163. The van der Waals surface area contributed by atoms with Crippen LogP contribution in [0.15, 0.2) is 24.3 Å². The quantitative estimate of drug-likeness (QED) is 0.705. The highest BCUT2D eigenvalue weighted by Gasteiger charge is 2.12. The van der Waals surface area contributed by atoms with Gasteiger partial charge in [0.2, 0.25) is 0 Å². The van der Waals surface area contributed by atoms with Gasteiger partial charge in [0.25, 0.3) is 0 Å². The summed E-state index contributed by atoms with van der Waals surface area (Å²) in [5, 5.41) is 3.55. The standard InChI is InChI=1S/C17H27NO2S/c1-5-10-18-16(11-21-12-17(19)20-4)15-8-6-14(7-9-15)13(2)3/h6-9,13,16,18H,5,10-12H2,1-4H3. The zero-order valence-electron chi connectivity index (χ0n) is 13.5. The van der Waals surface area contributed by atoms with E-state index < -0.39 is 0 Å². The summed E-state index contributed by atoms with van der Waals surface area (Å²) in [6.07, 6.45) is 1.10. The molecule has 1 aromatic rings. The number of benzene rings is 1. The summed E-state index contributed by atoms with van der Waals surface area (Å²) in [6, 6.07) is 9.07. The molecule has 1 unspecified atom stereocenters. The highest BCUT2D eigenvalue weighted by molar-refractivity contribution is 7.99. The van der Waals surface area contributed by atoms with Gasteiger partial charge in [-0.1, -0.05) is 45.0 Å². The fraction of sp³-hybridized carbons (Fsp3) is 0.588. The lowest BCUT2D eigenvalue weighted by molar-refractivity contribution is -0.137. The normalized spacial score (nSPS) is 12.4. The second-order valence-corrected chi connectivity index (χ2v) is 6.45. The number of methoxy groups -OCH3 is 1. The molecule has 0 fully saturated rings. The first-order valence-electron chi connectivity index (χ1n) is 7.56. The minimum absolute atomic E-state index is 0.163. The number of carbonyl (C=O) groups excluding carboxylic acids is 1. The van der Waals surface area contributed by atoms with Crippen molar-refractivity contribution >= 4 is 17.7 Å². The van der Waals surface area contributed by atoms with Gasteiger partial charge in [0, 0.05) is 11.8 Å². The van der Waals surface area contributed by atoms with Crippen molar-refractivity contribution in [2.75, 3.05) is 25.2 Å². The van der Waals surface area contributed by atoms with Crippen LogP contribution in [0.1, 0.15) is 50.3 Å². The zero-order valence-corrected chi connectivity index (χ0v) is 14.3. The van der Waals surface area contributed by atoms with Gasteiger partial charge in [-0.05, 0) is 30.0 Å². The largest absolute Gasteiger partial charge is 0.468 e. The molecular formula is C17H27NO2S. The summed E-state index contributed by atoms with van der Waals surface area (Å²) in [5.74, 6) is 1.67. The third kappa shape index (κ3) is 6.53. The van der Waals surface area contributed by atoms with E-state index in [1.165, 1.54) is 18.2 Å². The topological polar surface area (TPSA) is 38.3 Å². The van der Waals surface area contributed by atoms with Gasteiger partial charge >= 0.3 is 5.97 Å². The van der Waals surface area contributed by atoms with Crippen LogP contribution in [0.4, 0.5) is 0 Å². The molecule has 21 heavy (non-hydrogen) atoms. The van der Waals surface area contributed by atoms with Gasteiger partial charge in [-0.15, -0.1) is 11.8 Å². The van der Waals surface area contributed by atoms with Crippen LogP contribution in [0.5, 0.6) is 0 Å². The van der Waals surface area contributed by atoms with Gasteiger partial charge in [0.15, 0.2) is 0 Å². The molecule has 0 aliphatic carbocycles. The van der Waals surface area contributed by atoms with Crippen LogP contribution >= 0.6 is 11.8 Å². The summed E-state index contributed by atoms with van der Waals surface area (Å²) in [5.41, 5.74) is 2.64. The van der Waals surface area contributed by atoms with Gasteiger partial charge in [-0.2, -0.15) is 0 Å². The third-order valence-electron chi connectivity index (χ3n) is 3.38. The SMILES string of the molecule is CCCNC(CSCC(=O)OC)c1ccc(C(C)C)cc1. The van der Waals surface area contributed by atoms with Crippen molar-refractivity contribution in [1.29, 1.82) is 0 Å². The number of esters is 1. The zero-order chi connectivity index (χ0) is 15.7. The Morgan fingerprint density at radius 2 is 1.86 bits per heavy atom. The van der Waals surface area contributed by atoms with E-state index in [1.807, 2.05) is 0 Å². The Hall–Kier alpha value is -1.00. The van der Waals surface area contributed by atoms with Gasteiger partial charge in [-0.3, -0.25) is 4.79 Å². The van der Waals surface area contributed by atoms with E-state index in [1.54, 1.807) is 11.8 Å². The summed E-state index contributed by atoms with van der Waals surface area (Å²) >= 11 is 1.61. The van der Waals surface area contributed by atoms with Crippen LogP contribution in [0.25, 0.3) is 0 Å². The maximum absolute atomic E-state index is 11.2. The second-order valence-electron chi connectivity index (χ2n) is 5.42. The van der Waals surface area contributed by atoms with Crippen molar-refractivity contribution < 1.29 is 9.53 Å². The third-order valence-corrected chi connectivity index (χ3v) is 4.39. The highest BCUT2D eigenvalue weighted by atomic mass is 32.2. The van der Waals surface area contributed by atoms with Crippen LogP contribution in [0, 0.1) is 0 Å². The van der Waals surface area contributed by atoms with Crippen LogP contribution in [-0.2, 0) is 9.53 Å². The number of nitrogens with one attached hydrogen (secondary N) is 1. The van der Waals surface area contributed by atoms with Gasteiger partial charge in [0.05, 0.1) is 12.9 Å². The van der Waals surface area contributed by atoms with E-state index >= 15 is 0 Å². The molecule has 0 amide bonds. The van der Waals surface area contributed by atoms with E-state index in [9.17, 15) is 4.79 Å². The van der Waals surface area contributed by atoms with Crippen LogP contribution in [0.2, 0.25) is 0 Å². The smallest absolute Gasteiger partial charge is 0.315 e. The van der Waals surface area contributed by atoms with Crippen molar-refractivity contribution in [2.45, 2.75) is 39.2 Å². The Bertz CT molecular complexity index is 417. The Balaban J connectivity index is 2.64. The molecule has 3 nitrogen and oxygen atoms in total. The first kappa shape index (κ1) is 18.1. The molecule has 118 valence electrons. The number of ether oxygens (including phenoxy) is 1. The Morgan fingerprint density at radius 1 is 1.24 bits per heavy atom. The van der Waals surface area contributed by atoms with Crippen molar-refractivity contribution in [1.82, 2.24) is 5.32 Å². The predicted molar refractivity (Wildman–Crippen MR) is 90.9 cm³/mol. The van der Waals surface area contributed by atoms with E-state index in [0.717, 1.165) is 18.7 Å². The molecule has 0 aromatic heterocycles. The lowest BCUT2D eigenvalue weighted by Gasteiger charge is -2.19. The number of hydrogen-bond acceptors (Lipinski definition) is 4. The molecule has 1 aromatic carbocycles. The molecule has 0 radical (unpaired) electrons. The highest BCUT2D eigenvalue weighted by Crippen LogP contribution is 2.22. The molecule has 1 N–H and O–H groups in total. The van der Waals surface area contributed by atoms with Crippen molar-refractivity contribution in [3.8, 4) is 0 Å². The molecule has 0 saturated carbocycles. The maximum Gasteiger partial charge on any atom is 0.315 e. The first-order chi connectivity index (χ1) is 10.1. The van der Waals surface area contributed by atoms with Crippen molar-refractivity contribution in [3.05, 3.63) is 35.4 Å². The second kappa shape index (κ2) is 9.85. The maximum atomic E-state index is 11.2. The van der Waals surface area contributed by atoms with E-state index in [-0.39, 0.29) is 12.0 Å². The average molecular weight is 309 g/mol. The fourth-order valence-electron chi connectivity index (χ4n) is 2.02. The Morgan fingerprint density at radius 3 is 2.38 bits per heavy atom. The summed E-state index contributed by atoms with van der Waals surface area (Å²) < 4.78 is 4.68. The summed E-state index contributed by atoms with van der Waals surface area (Å²) in [4.78, 5) is 11.2. The molecule has 0 aliphatic heterocycles. The van der Waals surface area contributed by atoms with Crippen LogP contribution in [0.3, 0.4) is 0 Å². The molecule has 0 spiro atoms. The number of carbonyl (C=O) groups is 1. The van der Waals surface area contributed by atoms with Gasteiger partial charge in [0.1, 0.15) is 0 Å². The fourth-order valence-corrected chi connectivity index (χ4v) is 2.97. The number of rotatable bonds is 9. The monoisotopic (exact) mass is 309 g/mol. The Kier molecular flexibility index (Phi) is 8.47. The van der Waals surface area contributed by atoms with Crippen molar-refractivity contribution in [2.24, 2.45) is 0 Å². The number of hydrogen-bond donors (Lipinski definition) is 1. The van der Waals surface area contributed by atoms with Crippen LogP contribution in [-0.4, -0.2) is 31.1 Å². The van der Waals surface area contributed by atoms with E-state index in [0.29, 0.717) is 11.7 Å². The molecule has 0 saturated heterocycles. The summed E-state index contributed by atoms with van der Waals surface area (Å²) in [7, 11) is 1.43. The first-order valence-corrected chi connectivity index (χ1v) is 8.71. The molecule has 0 bridgehead atoms. The van der Waals surface area contributed by atoms with Crippen LogP contribution < -0.4 is 5.32 Å². The summed E-state index contributed by atoms with van der Waals surface area (Å²) in [6.45, 7) is 7.55. The molecule has 1 rings (SSSR count). The average Bonchev–Trinajstić information content (AvgIpc) is 2.50. The van der Waals surface area contributed by atoms with Crippen molar-refractivity contribution in [3.63, 3.8) is 0 Å². The van der Waals surface area contributed by atoms with E-state index in [2.05, 4.69) is 55.1 Å². The van der Waals surface area contributed by atoms with Gasteiger partial charge < -0.3 is 10.1 Å². The molecule has 0 heterocycles. The molecular weight excluding hydrogens is 282 g/mol. The predicted octanol–water partition coefficient (Wildman–Crippen LogP) is 3.76. The minimum Gasteiger partial charge on any atom is -0.468 e. The lowest BCUT2D eigenvalue weighted by atomic mass is 9.99. The number of thioether (sulfide) groups is 1. The molecule has 4 heteroatoms. The Labute approximate surface area is 132 Å². The molecule has 1 atom stereocenters. The molecule has 0 aliphatic rings.